The SMILES string of the molecule is COCCNCCNC(=O)c1csc(-c2cc(Br)cs2)n1.Cl.Cl. The molecule has 0 unspecified atom stereocenters. The number of nitrogens with zero attached hydrogens (tertiary/aromatic N) is 1. The van der Waals surface area contributed by atoms with Crippen molar-refractivity contribution in [2.24, 2.45) is 0 Å². The quantitative estimate of drug-likeness (QED) is 0.589. The summed E-state index contributed by atoms with van der Waals surface area (Å²) in [7, 11) is 1.66. The summed E-state index contributed by atoms with van der Waals surface area (Å²) in [6, 6.07) is 2.00. The number of amides is 1. The maximum Gasteiger partial charge on any atom is 0.270 e. The second kappa shape index (κ2) is 12.2. The van der Waals surface area contributed by atoms with Gasteiger partial charge in [0.1, 0.15) is 10.7 Å². The summed E-state index contributed by atoms with van der Waals surface area (Å²) in [4.78, 5) is 17.4. The van der Waals surface area contributed by atoms with E-state index in [1.165, 1.54) is 11.3 Å². The van der Waals surface area contributed by atoms with Crippen LogP contribution in [-0.4, -0.2) is 44.2 Å². The lowest BCUT2D eigenvalue weighted by atomic mass is 10.4. The number of hydrogen-bond acceptors (Lipinski definition) is 6. The highest BCUT2D eigenvalue weighted by Gasteiger charge is 2.12. The average molecular weight is 463 g/mol. The Morgan fingerprint density at radius 1 is 1.26 bits per heavy atom. The van der Waals surface area contributed by atoms with Crippen LogP contribution in [0, 0.1) is 0 Å². The number of thiazole rings is 1. The van der Waals surface area contributed by atoms with Crippen LogP contribution in [0.5, 0.6) is 0 Å². The lowest BCUT2D eigenvalue weighted by Crippen LogP contribution is -2.33. The highest BCUT2D eigenvalue weighted by atomic mass is 79.9. The van der Waals surface area contributed by atoms with Crippen molar-refractivity contribution in [1.29, 1.82) is 0 Å². The van der Waals surface area contributed by atoms with Gasteiger partial charge in [-0.25, -0.2) is 4.98 Å². The molecule has 0 atom stereocenters. The van der Waals surface area contributed by atoms with E-state index < -0.39 is 0 Å². The lowest BCUT2D eigenvalue weighted by Gasteiger charge is -2.04. The molecule has 0 bridgehead atoms. The lowest BCUT2D eigenvalue weighted by molar-refractivity contribution is 0.0949. The van der Waals surface area contributed by atoms with Crippen LogP contribution < -0.4 is 10.6 Å². The fourth-order valence-corrected chi connectivity index (χ4v) is 3.88. The predicted molar refractivity (Wildman–Crippen MR) is 105 cm³/mol. The number of aromatic nitrogens is 1. The molecule has 0 aliphatic carbocycles. The monoisotopic (exact) mass is 461 g/mol. The largest absolute Gasteiger partial charge is 0.383 e. The minimum atomic E-state index is -0.137. The van der Waals surface area contributed by atoms with Gasteiger partial charge in [0.2, 0.25) is 0 Å². The molecule has 2 rings (SSSR count). The minimum Gasteiger partial charge on any atom is -0.383 e. The van der Waals surface area contributed by atoms with Gasteiger partial charge in [-0.1, -0.05) is 0 Å². The summed E-state index contributed by atoms with van der Waals surface area (Å²) < 4.78 is 5.96. The first-order valence-corrected chi connectivity index (χ1v) is 8.93. The number of nitrogens with one attached hydrogen (secondary N) is 2. The Bertz CT molecular complexity index is 595. The molecule has 0 aromatic carbocycles. The Morgan fingerprint density at radius 3 is 2.70 bits per heavy atom. The van der Waals surface area contributed by atoms with Crippen molar-refractivity contribution >= 4 is 69.3 Å². The number of carbonyl (C=O) groups excluding carboxylic acids is 1. The van der Waals surface area contributed by atoms with Gasteiger partial charge >= 0.3 is 0 Å². The zero-order valence-electron chi connectivity index (χ0n) is 12.3. The zero-order valence-corrected chi connectivity index (χ0v) is 17.2. The molecule has 0 radical (unpaired) electrons. The number of ether oxygens (including phenoxy) is 1. The Labute approximate surface area is 164 Å². The van der Waals surface area contributed by atoms with Crippen LogP contribution in [0.25, 0.3) is 9.88 Å². The Hall–Kier alpha value is -0.220. The van der Waals surface area contributed by atoms with Crippen molar-refractivity contribution in [3.8, 4) is 9.88 Å². The summed E-state index contributed by atoms with van der Waals surface area (Å²) in [6.07, 6.45) is 0. The smallest absolute Gasteiger partial charge is 0.270 e. The molecule has 0 saturated heterocycles. The van der Waals surface area contributed by atoms with Gasteiger partial charge in [0.25, 0.3) is 5.91 Å². The van der Waals surface area contributed by atoms with Crippen molar-refractivity contribution in [3.63, 3.8) is 0 Å². The highest BCUT2D eigenvalue weighted by molar-refractivity contribution is 9.10. The summed E-state index contributed by atoms with van der Waals surface area (Å²) >= 11 is 6.50. The molecule has 130 valence electrons. The molecule has 0 saturated carbocycles. The molecule has 23 heavy (non-hydrogen) atoms. The van der Waals surface area contributed by atoms with Crippen LogP contribution in [0.15, 0.2) is 21.3 Å². The van der Waals surface area contributed by atoms with E-state index in [0.717, 1.165) is 20.9 Å². The van der Waals surface area contributed by atoms with Gasteiger partial charge in [0, 0.05) is 42.0 Å². The number of methoxy groups -OCH3 is 1. The van der Waals surface area contributed by atoms with E-state index in [9.17, 15) is 4.79 Å². The summed E-state index contributed by atoms with van der Waals surface area (Å²) in [6.45, 7) is 2.73. The van der Waals surface area contributed by atoms with Crippen molar-refractivity contribution in [1.82, 2.24) is 15.6 Å². The highest BCUT2D eigenvalue weighted by Crippen LogP contribution is 2.31. The standard InChI is InChI=1S/C13H16BrN3O2S2.2ClH/c1-19-5-4-15-2-3-16-12(18)10-8-21-13(17-10)11-6-9(14)7-20-11;;/h6-8,15H,2-5H2,1H3,(H,16,18);2*1H. The van der Waals surface area contributed by atoms with Gasteiger partial charge < -0.3 is 15.4 Å². The number of carbonyl (C=O) groups is 1. The fraction of sp³-hybridized carbons (Fsp3) is 0.385. The first kappa shape index (κ1) is 22.8. The van der Waals surface area contributed by atoms with Crippen LogP contribution in [0.1, 0.15) is 10.5 Å². The topological polar surface area (TPSA) is 63.2 Å². The number of thiophene rings is 1. The zero-order chi connectivity index (χ0) is 15.1. The molecule has 5 nitrogen and oxygen atoms in total. The third-order valence-corrected chi connectivity index (χ3v) is 5.29. The molecular formula is C13H18BrCl2N3O2S2. The van der Waals surface area contributed by atoms with E-state index in [2.05, 4.69) is 31.5 Å². The molecule has 2 aromatic rings. The van der Waals surface area contributed by atoms with Crippen LogP contribution in [0.2, 0.25) is 0 Å². The first-order chi connectivity index (χ1) is 10.2. The van der Waals surface area contributed by atoms with Crippen molar-refractivity contribution in [3.05, 3.63) is 27.0 Å². The maximum absolute atomic E-state index is 12.0. The molecule has 0 fully saturated rings. The second-order valence-corrected chi connectivity index (χ2v) is 6.85. The summed E-state index contributed by atoms with van der Waals surface area (Å²) in [5, 5.41) is 10.7. The molecule has 2 N–H and O–H groups in total. The number of hydrogen-bond donors (Lipinski definition) is 2. The molecule has 0 spiro atoms. The third kappa shape index (κ3) is 7.47. The second-order valence-electron chi connectivity index (χ2n) is 4.17. The molecule has 2 aromatic heterocycles. The average Bonchev–Trinajstić information content (AvgIpc) is 3.11. The van der Waals surface area contributed by atoms with Gasteiger partial charge in [-0.05, 0) is 22.0 Å². The Morgan fingerprint density at radius 2 is 2.04 bits per heavy atom. The molecule has 10 heteroatoms. The normalized spacial score (nSPS) is 9.83. The van der Waals surface area contributed by atoms with Crippen molar-refractivity contribution in [2.75, 3.05) is 33.4 Å². The fourth-order valence-electron chi connectivity index (χ4n) is 1.57. The van der Waals surface area contributed by atoms with Crippen LogP contribution >= 0.6 is 63.4 Å². The van der Waals surface area contributed by atoms with Crippen molar-refractivity contribution in [2.45, 2.75) is 0 Å². The third-order valence-electron chi connectivity index (χ3n) is 2.59. The van der Waals surface area contributed by atoms with Crippen LogP contribution in [-0.2, 0) is 4.74 Å². The Balaban J connectivity index is 0.00000242. The van der Waals surface area contributed by atoms with E-state index >= 15 is 0 Å². The van der Waals surface area contributed by atoms with Crippen LogP contribution in [0.3, 0.4) is 0 Å². The molecular weight excluding hydrogens is 445 g/mol. The molecule has 0 aliphatic heterocycles. The summed E-state index contributed by atoms with van der Waals surface area (Å²) in [5.74, 6) is -0.137. The van der Waals surface area contributed by atoms with E-state index in [-0.39, 0.29) is 30.7 Å². The number of rotatable bonds is 8. The van der Waals surface area contributed by atoms with Gasteiger partial charge in [0.15, 0.2) is 0 Å². The van der Waals surface area contributed by atoms with Gasteiger partial charge in [0.05, 0.1) is 11.5 Å². The maximum atomic E-state index is 12.0. The molecule has 2 heterocycles. The Kier molecular flexibility index (Phi) is 12.1. The van der Waals surface area contributed by atoms with Gasteiger partial charge in [-0.3, -0.25) is 4.79 Å². The summed E-state index contributed by atoms with van der Waals surface area (Å²) in [5.41, 5.74) is 0.469. The van der Waals surface area contributed by atoms with E-state index in [4.69, 9.17) is 4.74 Å². The van der Waals surface area contributed by atoms with Crippen molar-refractivity contribution < 1.29 is 9.53 Å². The van der Waals surface area contributed by atoms with E-state index in [0.29, 0.717) is 25.4 Å². The van der Waals surface area contributed by atoms with Crippen LogP contribution in [0.4, 0.5) is 0 Å². The minimum absolute atomic E-state index is 0. The molecule has 0 aliphatic rings. The predicted octanol–water partition coefficient (Wildman–Crippen LogP) is 3.44. The first-order valence-electron chi connectivity index (χ1n) is 6.38. The molecule has 1 amide bonds. The van der Waals surface area contributed by atoms with E-state index in [1.54, 1.807) is 23.8 Å². The number of halogens is 3. The van der Waals surface area contributed by atoms with Gasteiger partial charge in [-0.2, -0.15) is 0 Å². The van der Waals surface area contributed by atoms with Gasteiger partial charge in [-0.15, -0.1) is 47.5 Å². The van der Waals surface area contributed by atoms with E-state index in [1.807, 2.05) is 11.4 Å².